The fraction of sp³-hybridized carbons (Fsp3) is 0.625. The zero-order valence-corrected chi connectivity index (χ0v) is 14.2. The Kier molecular flexibility index (Phi) is 4.99. The Hall–Kier alpha value is -0.643. The summed E-state index contributed by atoms with van der Waals surface area (Å²) in [4.78, 5) is 0. The van der Waals surface area contributed by atoms with E-state index in [9.17, 15) is 5.11 Å². The lowest BCUT2D eigenvalue weighted by Crippen LogP contribution is -2.41. The molecule has 1 aromatic rings. The van der Waals surface area contributed by atoms with E-state index in [1.54, 1.807) is 0 Å². The molecule has 1 aromatic carbocycles. The van der Waals surface area contributed by atoms with Crippen molar-refractivity contribution in [2.75, 3.05) is 6.61 Å². The van der Waals surface area contributed by atoms with Gasteiger partial charge in [0.25, 0.3) is 0 Å². The standard InChI is InChI=1S/C16H28O2Si/c1-15(2,3)19(5,6)18-13-12-16(4,17)14-10-8-7-9-11-14/h7-11,17H,12-13H2,1-6H3. The van der Waals surface area contributed by atoms with Crippen LogP contribution in [0.5, 0.6) is 0 Å². The van der Waals surface area contributed by atoms with Gasteiger partial charge in [-0.1, -0.05) is 51.1 Å². The molecular formula is C16H28O2Si. The molecule has 0 amide bonds. The van der Waals surface area contributed by atoms with Gasteiger partial charge in [-0.3, -0.25) is 0 Å². The van der Waals surface area contributed by atoms with E-state index in [4.69, 9.17) is 4.43 Å². The Morgan fingerprint density at radius 1 is 1.05 bits per heavy atom. The maximum absolute atomic E-state index is 10.5. The third-order valence-corrected chi connectivity index (χ3v) is 8.79. The van der Waals surface area contributed by atoms with Crippen LogP contribution in [0.15, 0.2) is 30.3 Å². The summed E-state index contributed by atoms with van der Waals surface area (Å²) in [5.41, 5.74) is 0.137. The largest absolute Gasteiger partial charge is 0.417 e. The van der Waals surface area contributed by atoms with Crippen molar-refractivity contribution >= 4 is 8.32 Å². The first-order chi connectivity index (χ1) is 8.56. The molecular weight excluding hydrogens is 252 g/mol. The van der Waals surface area contributed by atoms with Gasteiger partial charge in [0.15, 0.2) is 8.32 Å². The van der Waals surface area contributed by atoms with Gasteiger partial charge < -0.3 is 9.53 Å². The van der Waals surface area contributed by atoms with Gasteiger partial charge in [-0.15, -0.1) is 0 Å². The highest BCUT2D eigenvalue weighted by Crippen LogP contribution is 2.37. The van der Waals surface area contributed by atoms with Crippen molar-refractivity contribution in [1.82, 2.24) is 0 Å². The van der Waals surface area contributed by atoms with Gasteiger partial charge in [0.1, 0.15) is 0 Å². The molecule has 108 valence electrons. The highest BCUT2D eigenvalue weighted by molar-refractivity contribution is 6.74. The molecule has 1 atom stereocenters. The minimum absolute atomic E-state index is 0.214. The third-order valence-electron chi connectivity index (χ3n) is 4.25. The molecule has 3 heteroatoms. The van der Waals surface area contributed by atoms with Crippen LogP contribution < -0.4 is 0 Å². The van der Waals surface area contributed by atoms with Crippen molar-refractivity contribution in [2.45, 2.75) is 57.8 Å². The molecule has 1 rings (SSSR count). The molecule has 0 aromatic heterocycles. The molecule has 19 heavy (non-hydrogen) atoms. The number of hydrogen-bond acceptors (Lipinski definition) is 2. The third kappa shape index (κ3) is 4.44. The Bertz CT molecular complexity index is 391. The molecule has 0 aliphatic carbocycles. The number of hydrogen-bond donors (Lipinski definition) is 1. The predicted molar refractivity (Wildman–Crippen MR) is 83.8 cm³/mol. The van der Waals surface area contributed by atoms with Crippen molar-refractivity contribution in [1.29, 1.82) is 0 Å². The summed E-state index contributed by atoms with van der Waals surface area (Å²) in [5, 5.41) is 10.7. The molecule has 0 radical (unpaired) electrons. The Balaban J connectivity index is 2.58. The molecule has 0 saturated carbocycles. The zero-order valence-electron chi connectivity index (χ0n) is 13.2. The maximum Gasteiger partial charge on any atom is 0.191 e. The van der Waals surface area contributed by atoms with Gasteiger partial charge in [-0.2, -0.15) is 0 Å². The summed E-state index contributed by atoms with van der Waals surface area (Å²) in [6.45, 7) is 13.6. The highest BCUT2D eigenvalue weighted by atomic mass is 28.4. The van der Waals surface area contributed by atoms with Gasteiger partial charge >= 0.3 is 0 Å². The van der Waals surface area contributed by atoms with Gasteiger partial charge in [0, 0.05) is 13.0 Å². The summed E-state index contributed by atoms with van der Waals surface area (Å²) in [7, 11) is -1.72. The summed E-state index contributed by atoms with van der Waals surface area (Å²) in [6.07, 6.45) is 0.628. The molecule has 0 aliphatic rings. The van der Waals surface area contributed by atoms with E-state index < -0.39 is 13.9 Å². The van der Waals surface area contributed by atoms with Crippen molar-refractivity contribution in [3.63, 3.8) is 0 Å². The molecule has 0 aliphatic heterocycles. The van der Waals surface area contributed by atoms with Crippen molar-refractivity contribution in [3.8, 4) is 0 Å². The molecule has 1 unspecified atom stereocenters. The minimum atomic E-state index is -1.72. The molecule has 0 heterocycles. The van der Waals surface area contributed by atoms with Crippen LogP contribution in [0, 0.1) is 0 Å². The average Bonchev–Trinajstić information content (AvgIpc) is 2.28. The van der Waals surface area contributed by atoms with Gasteiger partial charge in [0.2, 0.25) is 0 Å². The first-order valence-corrected chi connectivity index (χ1v) is 9.89. The topological polar surface area (TPSA) is 29.5 Å². The summed E-state index contributed by atoms with van der Waals surface area (Å²) in [5.74, 6) is 0. The zero-order chi connectivity index (χ0) is 14.7. The normalized spacial score (nSPS) is 16.2. The highest BCUT2D eigenvalue weighted by Gasteiger charge is 2.37. The average molecular weight is 280 g/mol. The van der Waals surface area contributed by atoms with Crippen LogP contribution in [0.25, 0.3) is 0 Å². The van der Waals surface area contributed by atoms with Crippen molar-refractivity contribution < 1.29 is 9.53 Å². The second-order valence-corrected chi connectivity index (χ2v) is 11.8. The van der Waals surface area contributed by atoms with E-state index in [2.05, 4.69) is 33.9 Å². The molecule has 1 N–H and O–H groups in total. The van der Waals surface area contributed by atoms with Crippen molar-refractivity contribution in [3.05, 3.63) is 35.9 Å². The van der Waals surface area contributed by atoms with Crippen LogP contribution in [-0.4, -0.2) is 20.0 Å². The molecule has 0 fully saturated rings. The van der Waals surface area contributed by atoms with E-state index in [1.165, 1.54) is 0 Å². The Morgan fingerprint density at radius 3 is 2.05 bits per heavy atom. The summed E-state index contributed by atoms with van der Waals surface area (Å²) < 4.78 is 6.13. The van der Waals surface area contributed by atoms with Gasteiger partial charge in [-0.25, -0.2) is 0 Å². The lowest BCUT2D eigenvalue weighted by atomic mass is 9.93. The smallest absolute Gasteiger partial charge is 0.191 e. The maximum atomic E-state index is 10.5. The van der Waals surface area contributed by atoms with Crippen LogP contribution in [0.1, 0.15) is 39.7 Å². The molecule has 0 bridgehead atoms. The lowest BCUT2D eigenvalue weighted by molar-refractivity contribution is 0.0316. The van der Waals surface area contributed by atoms with Crippen molar-refractivity contribution in [2.24, 2.45) is 0 Å². The van der Waals surface area contributed by atoms with Crippen LogP contribution in [0.2, 0.25) is 18.1 Å². The SMILES string of the molecule is CC(O)(CCO[Si](C)(C)C(C)(C)C)c1ccccc1. The fourth-order valence-corrected chi connectivity index (χ4v) is 2.71. The summed E-state index contributed by atoms with van der Waals surface area (Å²) in [6, 6.07) is 9.81. The van der Waals surface area contributed by atoms with E-state index in [0.717, 1.165) is 5.56 Å². The first kappa shape index (κ1) is 16.4. The van der Waals surface area contributed by atoms with Gasteiger partial charge in [-0.05, 0) is 30.6 Å². The van der Waals surface area contributed by atoms with Crippen LogP contribution in [0.3, 0.4) is 0 Å². The Morgan fingerprint density at radius 2 is 1.58 bits per heavy atom. The van der Waals surface area contributed by atoms with E-state index in [1.807, 2.05) is 37.3 Å². The second kappa shape index (κ2) is 5.78. The second-order valence-electron chi connectivity index (χ2n) is 7.00. The van der Waals surface area contributed by atoms with E-state index >= 15 is 0 Å². The number of benzene rings is 1. The first-order valence-electron chi connectivity index (χ1n) is 6.98. The van der Waals surface area contributed by atoms with Crippen LogP contribution in [-0.2, 0) is 10.0 Å². The summed E-state index contributed by atoms with van der Waals surface area (Å²) >= 11 is 0. The van der Waals surface area contributed by atoms with Crippen LogP contribution in [0.4, 0.5) is 0 Å². The Labute approximate surface area is 118 Å². The monoisotopic (exact) mass is 280 g/mol. The minimum Gasteiger partial charge on any atom is -0.417 e. The molecule has 0 spiro atoms. The van der Waals surface area contributed by atoms with E-state index in [-0.39, 0.29) is 5.04 Å². The molecule has 2 nitrogen and oxygen atoms in total. The quantitative estimate of drug-likeness (QED) is 0.815. The number of rotatable bonds is 5. The predicted octanol–water partition coefficient (Wildman–Crippen LogP) is 4.31. The fourth-order valence-electron chi connectivity index (χ4n) is 1.66. The van der Waals surface area contributed by atoms with E-state index in [0.29, 0.717) is 13.0 Å². The molecule has 0 saturated heterocycles. The van der Waals surface area contributed by atoms with Gasteiger partial charge in [0.05, 0.1) is 5.60 Å². The lowest BCUT2D eigenvalue weighted by Gasteiger charge is -2.37. The van der Waals surface area contributed by atoms with Crippen LogP contribution >= 0.6 is 0 Å². The number of aliphatic hydroxyl groups is 1.